The molecule has 0 radical (unpaired) electrons. The first-order valence-electron chi connectivity index (χ1n) is 1.09. The van der Waals surface area contributed by atoms with Gasteiger partial charge in [-0.3, -0.25) is 0 Å². The molecule has 0 aliphatic carbocycles. The zero-order valence-electron chi connectivity index (χ0n) is 3.72. The summed E-state index contributed by atoms with van der Waals surface area (Å²) in [5.74, 6) is 0. The van der Waals surface area contributed by atoms with Gasteiger partial charge in [-0.25, -0.2) is 4.57 Å². The molecule has 2 nitrogen and oxygen atoms in total. The predicted octanol–water partition coefficient (Wildman–Crippen LogP) is 1.02. The monoisotopic (exact) mass is 157 g/mol. The fraction of sp³-hybridized carbons (Fsp3) is 0.500. The fourth-order valence-electron chi connectivity index (χ4n) is 0. The molecule has 0 aromatic heterocycles. The second-order valence-corrected chi connectivity index (χ2v) is 0.245. The van der Waals surface area contributed by atoms with Crippen molar-refractivity contribution in [2.45, 2.75) is 6.92 Å². The van der Waals surface area contributed by atoms with E-state index in [1.165, 1.54) is 0 Å². The van der Waals surface area contributed by atoms with E-state index in [0.29, 0.717) is 0 Å². The predicted molar refractivity (Wildman–Crippen MR) is 20.9 cm³/mol. The second-order valence-electron chi connectivity index (χ2n) is 0.0816. The standard InChI is InChI=1S/C2H5.HO2P.Zn/c1-2;1-3-2;/h1H2,2H3;(H,1,2);/q-1;;. The normalized spacial score (nSPS) is 4.50. The zero-order valence-corrected chi connectivity index (χ0v) is 7.58. The fourth-order valence-corrected chi connectivity index (χ4v) is 0. The summed E-state index contributed by atoms with van der Waals surface area (Å²) in [6, 6.07) is 0. The van der Waals surface area contributed by atoms with E-state index in [-0.39, 0.29) is 19.5 Å². The van der Waals surface area contributed by atoms with Crippen molar-refractivity contribution in [3.63, 3.8) is 0 Å². The van der Waals surface area contributed by atoms with Crippen LogP contribution >= 0.6 is 8.69 Å². The molecule has 0 aliphatic heterocycles. The Labute approximate surface area is 52.0 Å². The Kier molecular flexibility index (Phi) is 117. The van der Waals surface area contributed by atoms with E-state index in [2.05, 4.69) is 6.92 Å². The van der Waals surface area contributed by atoms with Crippen LogP contribution in [0.2, 0.25) is 0 Å². The Hall–Kier alpha value is 0.683. The molecule has 6 heavy (non-hydrogen) atoms. The molecule has 0 saturated heterocycles. The summed E-state index contributed by atoms with van der Waals surface area (Å²) < 4.78 is 8.46. The van der Waals surface area contributed by atoms with Crippen LogP contribution in [0.3, 0.4) is 0 Å². The van der Waals surface area contributed by atoms with Gasteiger partial charge in [0.15, 0.2) is 0 Å². The third-order valence-corrected chi connectivity index (χ3v) is 0. The molecule has 0 fully saturated rings. The molecule has 0 bridgehead atoms. The van der Waals surface area contributed by atoms with Gasteiger partial charge in [0.1, 0.15) is 0 Å². The van der Waals surface area contributed by atoms with Crippen LogP contribution in [0.25, 0.3) is 0 Å². The topological polar surface area (TPSA) is 37.3 Å². The average molecular weight is 158 g/mol. The van der Waals surface area contributed by atoms with Gasteiger partial charge in [0.05, 0.1) is 0 Å². The van der Waals surface area contributed by atoms with Crippen LogP contribution in [-0.2, 0) is 24.0 Å². The van der Waals surface area contributed by atoms with E-state index < -0.39 is 8.69 Å². The summed E-state index contributed by atoms with van der Waals surface area (Å²) >= 11 is 0. The quantitative estimate of drug-likeness (QED) is 0.325. The molecule has 0 heterocycles. The first-order valence-corrected chi connectivity index (χ1v) is 1.85. The Balaban J connectivity index is -0.0000000275. The number of rotatable bonds is 0. The molecule has 34 valence electrons. The van der Waals surface area contributed by atoms with Crippen molar-refractivity contribution < 1.29 is 28.9 Å². The van der Waals surface area contributed by atoms with Gasteiger partial charge in [-0.05, 0) is 0 Å². The van der Waals surface area contributed by atoms with E-state index in [1.807, 2.05) is 0 Å². The van der Waals surface area contributed by atoms with E-state index in [9.17, 15) is 0 Å². The van der Waals surface area contributed by atoms with E-state index in [0.717, 1.165) is 0 Å². The van der Waals surface area contributed by atoms with Gasteiger partial charge in [-0.1, -0.05) is 0 Å². The van der Waals surface area contributed by atoms with Gasteiger partial charge in [-0.15, -0.1) is 0 Å². The third-order valence-electron chi connectivity index (χ3n) is 0. The van der Waals surface area contributed by atoms with Crippen LogP contribution in [0.15, 0.2) is 0 Å². The van der Waals surface area contributed by atoms with E-state index in [1.54, 1.807) is 6.92 Å². The Morgan fingerprint density at radius 1 is 1.67 bits per heavy atom. The van der Waals surface area contributed by atoms with Crippen LogP contribution < -0.4 is 0 Å². The summed E-state index contributed by atoms with van der Waals surface area (Å²) in [6.45, 7) is 5.00. The maximum Gasteiger partial charge on any atom is 0.324 e. The van der Waals surface area contributed by atoms with Gasteiger partial charge in [-0.2, -0.15) is 6.92 Å². The van der Waals surface area contributed by atoms with Crippen LogP contribution in [-0.4, -0.2) is 4.89 Å². The Morgan fingerprint density at radius 2 is 1.67 bits per heavy atom. The summed E-state index contributed by atoms with van der Waals surface area (Å²) in [6.07, 6.45) is 0. The van der Waals surface area contributed by atoms with Crippen LogP contribution in [0.4, 0.5) is 0 Å². The molecule has 0 aromatic carbocycles. The third kappa shape index (κ3) is 136. The van der Waals surface area contributed by atoms with Gasteiger partial charge in [0, 0.05) is 19.5 Å². The maximum absolute atomic E-state index is 8.46. The smallest absolute Gasteiger partial charge is 0.324 e. The molecular formula is C2H6O2PZn-. The summed E-state index contributed by atoms with van der Waals surface area (Å²) in [5.41, 5.74) is 0. The zero-order chi connectivity index (χ0) is 4.71. The van der Waals surface area contributed by atoms with Gasteiger partial charge < -0.3 is 11.8 Å². The molecule has 4 heteroatoms. The first kappa shape index (κ1) is 15.9. The summed E-state index contributed by atoms with van der Waals surface area (Å²) in [4.78, 5) is 6.99. The van der Waals surface area contributed by atoms with Gasteiger partial charge in [0.2, 0.25) is 0 Å². The van der Waals surface area contributed by atoms with Gasteiger partial charge >= 0.3 is 8.69 Å². The molecule has 0 unspecified atom stereocenters. The molecular weight excluding hydrogens is 152 g/mol. The molecule has 0 amide bonds. The molecule has 0 spiro atoms. The minimum Gasteiger partial charge on any atom is -0.346 e. The molecule has 0 rings (SSSR count). The van der Waals surface area contributed by atoms with Crippen molar-refractivity contribution >= 4 is 8.69 Å². The maximum atomic E-state index is 8.46. The van der Waals surface area contributed by atoms with E-state index in [4.69, 9.17) is 9.46 Å². The largest absolute Gasteiger partial charge is 0.346 e. The van der Waals surface area contributed by atoms with Crippen LogP contribution in [0.1, 0.15) is 6.92 Å². The van der Waals surface area contributed by atoms with Crippen molar-refractivity contribution in [3.8, 4) is 0 Å². The average Bonchev–Trinajstić information content (AvgIpc) is 1.46. The minimum atomic E-state index is -0.833. The van der Waals surface area contributed by atoms with Crippen molar-refractivity contribution in [2.24, 2.45) is 0 Å². The van der Waals surface area contributed by atoms with Crippen molar-refractivity contribution in [3.05, 3.63) is 6.92 Å². The molecule has 0 saturated carbocycles. The Morgan fingerprint density at radius 3 is 1.67 bits per heavy atom. The van der Waals surface area contributed by atoms with Crippen molar-refractivity contribution in [1.82, 2.24) is 0 Å². The molecule has 1 N–H and O–H groups in total. The summed E-state index contributed by atoms with van der Waals surface area (Å²) in [5, 5.41) is 0. The first-order chi connectivity index (χ1) is 2.41. The van der Waals surface area contributed by atoms with Crippen LogP contribution in [0.5, 0.6) is 0 Å². The second kappa shape index (κ2) is 44.0. The Bertz CT molecular complexity index is 19.0. The van der Waals surface area contributed by atoms with Crippen molar-refractivity contribution in [1.29, 1.82) is 0 Å². The van der Waals surface area contributed by atoms with Crippen LogP contribution in [0, 0.1) is 6.92 Å². The summed E-state index contributed by atoms with van der Waals surface area (Å²) in [7, 11) is -0.833. The SMILES string of the molecule is O=PO.[CH2-]C.[Zn]. The number of hydrogen-bond acceptors (Lipinski definition) is 1. The van der Waals surface area contributed by atoms with E-state index >= 15 is 0 Å². The van der Waals surface area contributed by atoms with Gasteiger partial charge in [0.25, 0.3) is 0 Å². The molecule has 0 aromatic rings. The minimum absolute atomic E-state index is 0. The molecule has 0 atom stereocenters. The van der Waals surface area contributed by atoms with Crippen molar-refractivity contribution in [2.75, 3.05) is 0 Å². The molecule has 0 aliphatic rings. The number of hydrogen-bond donors (Lipinski definition) is 1.